The second kappa shape index (κ2) is 6.05. The van der Waals surface area contributed by atoms with Gasteiger partial charge in [0.2, 0.25) is 0 Å². The molecule has 0 aliphatic carbocycles. The summed E-state index contributed by atoms with van der Waals surface area (Å²) < 4.78 is 66.9. The van der Waals surface area contributed by atoms with Crippen molar-refractivity contribution < 1.29 is 25.8 Å². The highest BCUT2D eigenvalue weighted by molar-refractivity contribution is 7.86. The summed E-state index contributed by atoms with van der Waals surface area (Å²) in [6.45, 7) is 1.04. The molecule has 22 heavy (non-hydrogen) atoms. The van der Waals surface area contributed by atoms with E-state index in [-0.39, 0.29) is 10.5 Å². The predicted molar refractivity (Wildman–Crippen MR) is 72.4 cm³/mol. The molecule has 1 heterocycles. The van der Waals surface area contributed by atoms with E-state index in [2.05, 4.69) is 4.98 Å². The Hall–Kier alpha value is -1.93. The van der Waals surface area contributed by atoms with Crippen LogP contribution in [-0.4, -0.2) is 13.4 Å². The first-order valence-electron chi connectivity index (χ1n) is 6.17. The number of aryl methyl sites for hydroxylation is 1. The molecule has 0 saturated carbocycles. The first-order chi connectivity index (χ1) is 10.2. The minimum atomic E-state index is -4.67. The molecule has 0 bridgehead atoms. The van der Waals surface area contributed by atoms with Crippen LogP contribution in [0.15, 0.2) is 47.5 Å². The van der Waals surface area contributed by atoms with Crippen LogP contribution < -0.4 is 0 Å². The quantitative estimate of drug-likeness (QED) is 0.807. The lowest BCUT2D eigenvalue weighted by Crippen LogP contribution is -2.14. The first-order valence-corrected chi connectivity index (χ1v) is 7.58. The highest BCUT2D eigenvalue weighted by atomic mass is 32.2. The van der Waals surface area contributed by atoms with Gasteiger partial charge in [-0.3, -0.25) is 9.17 Å². The second-order valence-electron chi connectivity index (χ2n) is 4.54. The monoisotopic (exact) mass is 331 g/mol. The molecule has 0 saturated heterocycles. The lowest BCUT2D eigenvalue weighted by molar-refractivity contribution is -0.142. The van der Waals surface area contributed by atoms with E-state index in [0.29, 0.717) is 0 Å². The number of nitrogens with zero attached hydrogens (tertiary/aromatic N) is 1. The van der Waals surface area contributed by atoms with Crippen LogP contribution in [-0.2, 0) is 27.1 Å². The van der Waals surface area contributed by atoms with E-state index >= 15 is 0 Å². The van der Waals surface area contributed by atoms with E-state index < -0.39 is 28.6 Å². The Morgan fingerprint density at radius 2 is 1.77 bits per heavy atom. The number of aromatic nitrogens is 1. The van der Waals surface area contributed by atoms with Gasteiger partial charge < -0.3 is 0 Å². The lowest BCUT2D eigenvalue weighted by Gasteiger charge is -2.11. The van der Waals surface area contributed by atoms with Gasteiger partial charge in [0, 0.05) is 11.8 Å². The maximum atomic E-state index is 12.8. The fourth-order valence-corrected chi connectivity index (χ4v) is 2.61. The molecule has 0 atom stereocenters. The molecule has 0 N–H and O–H groups in total. The molecule has 2 aromatic rings. The van der Waals surface area contributed by atoms with Gasteiger partial charge >= 0.3 is 6.18 Å². The number of halogens is 3. The van der Waals surface area contributed by atoms with E-state index in [4.69, 9.17) is 4.18 Å². The molecule has 0 aliphatic rings. The van der Waals surface area contributed by atoms with Gasteiger partial charge in [-0.2, -0.15) is 21.6 Å². The zero-order chi connectivity index (χ0) is 16.4. The molecule has 4 nitrogen and oxygen atoms in total. The van der Waals surface area contributed by atoms with Gasteiger partial charge in [-0.05, 0) is 25.1 Å². The van der Waals surface area contributed by atoms with Gasteiger partial charge in [0.15, 0.2) is 0 Å². The van der Waals surface area contributed by atoms with E-state index in [0.717, 1.165) is 17.8 Å². The first kappa shape index (κ1) is 16.4. The van der Waals surface area contributed by atoms with Crippen molar-refractivity contribution in [2.75, 3.05) is 0 Å². The minimum Gasteiger partial charge on any atom is -0.261 e. The number of benzene rings is 1. The number of pyridine rings is 1. The topological polar surface area (TPSA) is 56.3 Å². The summed E-state index contributed by atoms with van der Waals surface area (Å²) in [5.74, 6) is 0. The lowest BCUT2D eigenvalue weighted by atomic mass is 10.2. The molecular weight excluding hydrogens is 319 g/mol. The predicted octanol–water partition coefficient (Wildman–Crippen LogP) is 3.31. The fraction of sp³-hybridized carbons (Fsp3) is 0.214. The molecule has 0 aliphatic heterocycles. The van der Waals surface area contributed by atoms with Gasteiger partial charge in [-0.25, -0.2) is 0 Å². The standard InChI is InChI=1S/C14H12F3NO3S/c1-10-4-6-12(7-5-10)22(19,20)21-9-11-3-2-8-18-13(11)14(15,16)17/h2-8H,9H2,1H3. The van der Waals surface area contributed by atoms with Crippen molar-refractivity contribution in [2.45, 2.75) is 24.6 Å². The van der Waals surface area contributed by atoms with Crippen LogP contribution in [0.3, 0.4) is 0 Å². The summed E-state index contributed by atoms with van der Waals surface area (Å²) in [6.07, 6.45) is -3.69. The Balaban J connectivity index is 2.22. The van der Waals surface area contributed by atoms with Crippen molar-refractivity contribution in [1.29, 1.82) is 0 Å². The van der Waals surface area contributed by atoms with Gasteiger partial charge in [-0.15, -0.1) is 0 Å². The smallest absolute Gasteiger partial charge is 0.261 e. The third-order valence-electron chi connectivity index (χ3n) is 2.84. The molecule has 0 fully saturated rings. The average molecular weight is 331 g/mol. The molecule has 2 rings (SSSR count). The van der Waals surface area contributed by atoms with Crippen LogP contribution >= 0.6 is 0 Å². The van der Waals surface area contributed by atoms with Crippen molar-refractivity contribution in [3.63, 3.8) is 0 Å². The maximum absolute atomic E-state index is 12.8. The Morgan fingerprint density at radius 1 is 1.14 bits per heavy atom. The Labute approximate surface area is 125 Å². The van der Waals surface area contributed by atoms with Gasteiger partial charge in [0.1, 0.15) is 5.69 Å². The zero-order valence-electron chi connectivity index (χ0n) is 11.5. The van der Waals surface area contributed by atoms with Crippen LogP contribution in [0.25, 0.3) is 0 Å². The number of rotatable bonds is 4. The third-order valence-corrected chi connectivity index (χ3v) is 4.12. The highest BCUT2D eigenvalue weighted by Crippen LogP contribution is 2.30. The molecular formula is C14H12F3NO3S. The third kappa shape index (κ3) is 3.83. The van der Waals surface area contributed by atoms with E-state index in [1.54, 1.807) is 19.1 Å². The highest BCUT2D eigenvalue weighted by Gasteiger charge is 2.35. The van der Waals surface area contributed by atoms with Crippen LogP contribution in [0.4, 0.5) is 13.2 Å². The molecule has 1 aromatic heterocycles. The van der Waals surface area contributed by atoms with Crippen molar-refractivity contribution in [3.05, 3.63) is 59.4 Å². The average Bonchev–Trinajstić information content (AvgIpc) is 2.45. The van der Waals surface area contributed by atoms with Crippen molar-refractivity contribution in [1.82, 2.24) is 4.98 Å². The van der Waals surface area contributed by atoms with E-state index in [9.17, 15) is 21.6 Å². The van der Waals surface area contributed by atoms with Gasteiger partial charge in [0.25, 0.3) is 10.1 Å². The minimum absolute atomic E-state index is 0.115. The van der Waals surface area contributed by atoms with Gasteiger partial charge in [-0.1, -0.05) is 23.8 Å². The normalized spacial score (nSPS) is 12.4. The van der Waals surface area contributed by atoms with E-state index in [1.807, 2.05) is 0 Å². The Kier molecular flexibility index (Phi) is 4.52. The second-order valence-corrected chi connectivity index (χ2v) is 6.15. The van der Waals surface area contributed by atoms with E-state index in [1.165, 1.54) is 18.2 Å². The molecule has 0 spiro atoms. The van der Waals surface area contributed by atoms with Crippen LogP contribution in [0.1, 0.15) is 16.8 Å². The Bertz CT molecular complexity index is 756. The van der Waals surface area contributed by atoms with Crippen LogP contribution in [0.5, 0.6) is 0 Å². The number of alkyl halides is 3. The molecule has 8 heteroatoms. The SMILES string of the molecule is Cc1ccc(S(=O)(=O)OCc2cccnc2C(F)(F)F)cc1. The zero-order valence-corrected chi connectivity index (χ0v) is 12.3. The number of hydrogen-bond donors (Lipinski definition) is 0. The molecule has 0 unspecified atom stereocenters. The van der Waals surface area contributed by atoms with Crippen LogP contribution in [0.2, 0.25) is 0 Å². The maximum Gasteiger partial charge on any atom is 0.433 e. The molecule has 1 aromatic carbocycles. The van der Waals surface area contributed by atoms with Gasteiger partial charge in [0.05, 0.1) is 11.5 Å². The molecule has 0 amide bonds. The Morgan fingerprint density at radius 3 is 2.36 bits per heavy atom. The summed E-state index contributed by atoms with van der Waals surface area (Å²) in [6, 6.07) is 8.22. The fourth-order valence-electron chi connectivity index (χ4n) is 1.72. The summed E-state index contributed by atoms with van der Waals surface area (Å²) in [7, 11) is -4.13. The number of hydrogen-bond acceptors (Lipinski definition) is 4. The molecule has 0 radical (unpaired) electrons. The summed E-state index contributed by atoms with van der Waals surface area (Å²) in [4.78, 5) is 3.12. The van der Waals surface area contributed by atoms with Crippen molar-refractivity contribution in [3.8, 4) is 0 Å². The van der Waals surface area contributed by atoms with Crippen LogP contribution in [0, 0.1) is 6.92 Å². The summed E-state index contributed by atoms with van der Waals surface area (Å²) >= 11 is 0. The largest absolute Gasteiger partial charge is 0.433 e. The van der Waals surface area contributed by atoms with Crippen molar-refractivity contribution in [2.24, 2.45) is 0 Å². The summed E-state index contributed by atoms with van der Waals surface area (Å²) in [5.41, 5.74) is -0.648. The van der Waals surface area contributed by atoms with Crippen molar-refractivity contribution >= 4 is 10.1 Å². The summed E-state index contributed by atoms with van der Waals surface area (Å²) in [5, 5.41) is 0. The molecule has 118 valence electrons.